The molecule has 166 valence electrons. The van der Waals surface area contributed by atoms with Gasteiger partial charge in [0, 0.05) is 26.2 Å². The second kappa shape index (κ2) is 9.94. The zero-order chi connectivity index (χ0) is 21.7. The number of likely N-dealkylation sites (tertiary alicyclic amines) is 1. The highest BCUT2D eigenvalue weighted by atomic mass is 32.2. The molecule has 0 bridgehead atoms. The van der Waals surface area contributed by atoms with Crippen molar-refractivity contribution in [1.29, 1.82) is 0 Å². The van der Waals surface area contributed by atoms with Gasteiger partial charge in [0.2, 0.25) is 15.9 Å². The van der Waals surface area contributed by atoms with E-state index in [2.05, 4.69) is 34.5 Å². The predicted molar refractivity (Wildman–Crippen MR) is 121 cm³/mol. The van der Waals surface area contributed by atoms with Gasteiger partial charge in [0.1, 0.15) is 0 Å². The maximum absolute atomic E-state index is 12.9. The lowest BCUT2D eigenvalue weighted by atomic mass is 9.98. The van der Waals surface area contributed by atoms with Gasteiger partial charge in [0.25, 0.3) is 0 Å². The Hall–Kier alpha value is -2.22. The van der Waals surface area contributed by atoms with Crippen molar-refractivity contribution in [2.45, 2.75) is 43.7 Å². The lowest BCUT2D eigenvalue weighted by molar-refractivity contribution is -0.126. The van der Waals surface area contributed by atoms with E-state index in [9.17, 15) is 13.2 Å². The second-order valence-electron chi connectivity index (χ2n) is 8.53. The van der Waals surface area contributed by atoms with Crippen molar-refractivity contribution in [3.8, 4) is 0 Å². The minimum absolute atomic E-state index is 0.0749. The maximum Gasteiger partial charge on any atom is 0.243 e. The Kier molecular flexibility index (Phi) is 7.05. The summed E-state index contributed by atoms with van der Waals surface area (Å²) in [5, 5.41) is 3.00. The Balaban J connectivity index is 1.30. The molecular weight excluding hydrogens is 410 g/mol. The standard InChI is InChI=1S/C24H31N3O3S/c28-24(25-17-20-10-12-21(13-11-20)18-26-14-4-5-15-26)22-7-6-16-27(19-22)31(29,30)23-8-2-1-3-9-23/h1-3,8-13,22H,4-7,14-19H2,(H,25,28). The summed E-state index contributed by atoms with van der Waals surface area (Å²) in [4.78, 5) is 15.5. The quantitative estimate of drug-likeness (QED) is 0.717. The van der Waals surface area contributed by atoms with Gasteiger partial charge in [0.05, 0.1) is 10.8 Å². The predicted octanol–water partition coefficient (Wildman–Crippen LogP) is 3.00. The molecule has 0 aromatic heterocycles. The molecule has 1 amide bonds. The van der Waals surface area contributed by atoms with Crippen LogP contribution in [-0.2, 0) is 27.9 Å². The molecule has 0 aliphatic carbocycles. The van der Waals surface area contributed by atoms with Gasteiger partial charge < -0.3 is 5.32 Å². The van der Waals surface area contributed by atoms with Crippen LogP contribution in [-0.4, -0.2) is 49.7 Å². The number of nitrogens with zero attached hydrogens (tertiary/aromatic N) is 2. The van der Waals surface area contributed by atoms with E-state index in [4.69, 9.17) is 0 Å². The molecule has 2 aliphatic rings. The van der Waals surface area contributed by atoms with Crippen molar-refractivity contribution in [1.82, 2.24) is 14.5 Å². The van der Waals surface area contributed by atoms with Crippen LogP contribution >= 0.6 is 0 Å². The Bertz CT molecular complexity index is 971. The van der Waals surface area contributed by atoms with Crippen LogP contribution in [0.3, 0.4) is 0 Å². The molecule has 1 atom stereocenters. The molecule has 2 heterocycles. The average molecular weight is 442 g/mol. The second-order valence-corrected chi connectivity index (χ2v) is 10.5. The van der Waals surface area contributed by atoms with Gasteiger partial charge in [-0.05, 0) is 62.0 Å². The highest BCUT2D eigenvalue weighted by molar-refractivity contribution is 7.89. The molecule has 1 unspecified atom stereocenters. The summed E-state index contributed by atoms with van der Waals surface area (Å²) in [6.45, 7) is 4.49. The zero-order valence-electron chi connectivity index (χ0n) is 17.9. The molecule has 2 fully saturated rings. The summed E-state index contributed by atoms with van der Waals surface area (Å²) < 4.78 is 27.2. The van der Waals surface area contributed by atoms with Gasteiger partial charge in [-0.25, -0.2) is 8.42 Å². The average Bonchev–Trinajstić information content (AvgIpc) is 3.32. The van der Waals surface area contributed by atoms with E-state index in [0.717, 1.165) is 12.1 Å². The first-order valence-corrected chi connectivity index (χ1v) is 12.6. The Morgan fingerprint density at radius 3 is 2.29 bits per heavy atom. The highest BCUT2D eigenvalue weighted by Gasteiger charge is 2.33. The number of benzene rings is 2. The maximum atomic E-state index is 12.9. The molecule has 0 spiro atoms. The molecule has 0 radical (unpaired) electrons. The minimum Gasteiger partial charge on any atom is -0.352 e. The van der Waals surface area contributed by atoms with Crippen LogP contribution in [0.4, 0.5) is 0 Å². The molecule has 1 N–H and O–H groups in total. The number of sulfonamides is 1. The number of rotatable bonds is 7. The van der Waals surface area contributed by atoms with Crippen molar-refractivity contribution in [3.63, 3.8) is 0 Å². The normalized spacial score (nSPS) is 20.6. The molecule has 0 saturated carbocycles. The van der Waals surface area contributed by atoms with Crippen molar-refractivity contribution in [2.24, 2.45) is 5.92 Å². The van der Waals surface area contributed by atoms with Crippen LogP contribution in [0.15, 0.2) is 59.5 Å². The zero-order valence-corrected chi connectivity index (χ0v) is 18.7. The van der Waals surface area contributed by atoms with E-state index in [0.29, 0.717) is 25.9 Å². The first-order valence-electron chi connectivity index (χ1n) is 11.2. The number of piperidine rings is 1. The summed E-state index contributed by atoms with van der Waals surface area (Å²) in [6, 6.07) is 16.8. The van der Waals surface area contributed by atoms with Crippen molar-refractivity contribution in [3.05, 3.63) is 65.7 Å². The van der Waals surface area contributed by atoms with Gasteiger partial charge in [-0.1, -0.05) is 42.5 Å². The summed E-state index contributed by atoms with van der Waals surface area (Å²) in [5.41, 5.74) is 2.36. The van der Waals surface area contributed by atoms with E-state index < -0.39 is 10.0 Å². The van der Waals surface area contributed by atoms with E-state index in [1.54, 1.807) is 30.3 Å². The van der Waals surface area contributed by atoms with Crippen LogP contribution in [0.25, 0.3) is 0 Å². The number of carbonyl (C=O) groups is 1. The number of carbonyl (C=O) groups excluding carboxylic acids is 1. The van der Waals surface area contributed by atoms with Crippen LogP contribution in [0.1, 0.15) is 36.8 Å². The lowest BCUT2D eigenvalue weighted by Crippen LogP contribution is -2.45. The summed E-state index contributed by atoms with van der Waals surface area (Å²) in [5.74, 6) is -0.393. The topological polar surface area (TPSA) is 69.7 Å². The van der Waals surface area contributed by atoms with Gasteiger partial charge >= 0.3 is 0 Å². The molecule has 31 heavy (non-hydrogen) atoms. The molecule has 2 aromatic rings. The smallest absolute Gasteiger partial charge is 0.243 e. The van der Waals surface area contributed by atoms with Gasteiger partial charge in [0.15, 0.2) is 0 Å². The first-order chi connectivity index (χ1) is 15.0. The third kappa shape index (κ3) is 5.53. The Morgan fingerprint density at radius 1 is 0.903 bits per heavy atom. The van der Waals surface area contributed by atoms with Gasteiger partial charge in [-0.2, -0.15) is 4.31 Å². The molecular formula is C24H31N3O3S. The number of hydrogen-bond acceptors (Lipinski definition) is 4. The molecule has 7 heteroatoms. The fourth-order valence-corrected chi connectivity index (χ4v) is 5.96. The van der Waals surface area contributed by atoms with Crippen molar-refractivity contribution >= 4 is 15.9 Å². The van der Waals surface area contributed by atoms with Crippen molar-refractivity contribution in [2.75, 3.05) is 26.2 Å². The Morgan fingerprint density at radius 2 is 1.58 bits per heavy atom. The first kappa shape index (κ1) is 22.0. The van der Waals surface area contributed by atoms with Gasteiger partial charge in [-0.15, -0.1) is 0 Å². The summed E-state index contributed by atoms with van der Waals surface area (Å²) >= 11 is 0. The lowest BCUT2D eigenvalue weighted by Gasteiger charge is -2.31. The molecule has 4 rings (SSSR count). The van der Waals surface area contributed by atoms with Crippen LogP contribution in [0.5, 0.6) is 0 Å². The minimum atomic E-state index is -3.56. The molecule has 2 aliphatic heterocycles. The summed E-state index contributed by atoms with van der Waals surface area (Å²) in [7, 11) is -3.56. The molecule has 6 nitrogen and oxygen atoms in total. The monoisotopic (exact) mass is 441 g/mol. The highest BCUT2D eigenvalue weighted by Crippen LogP contribution is 2.24. The number of hydrogen-bond donors (Lipinski definition) is 1. The number of nitrogens with one attached hydrogen (secondary N) is 1. The van der Waals surface area contributed by atoms with E-state index in [-0.39, 0.29) is 23.3 Å². The SMILES string of the molecule is O=C(NCc1ccc(CN2CCCC2)cc1)C1CCCN(S(=O)(=O)c2ccccc2)C1. The third-order valence-electron chi connectivity index (χ3n) is 6.23. The third-order valence-corrected chi connectivity index (χ3v) is 8.11. The molecule has 2 saturated heterocycles. The fraction of sp³-hybridized carbons (Fsp3) is 0.458. The van der Waals surface area contributed by atoms with E-state index in [1.807, 2.05) is 0 Å². The van der Waals surface area contributed by atoms with Crippen LogP contribution < -0.4 is 5.32 Å². The van der Waals surface area contributed by atoms with Crippen LogP contribution in [0, 0.1) is 5.92 Å². The van der Waals surface area contributed by atoms with E-state index in [1.165, 1.54) is 35.8 Å². The van der Waals surface area contributed by atoms with Crippen molar-refractivity contribution < 1.29 is 13.2 Å². The molecule has 2 aromatic carbocycles. The summed E-state index contributed by atoms with van der Waals surface area (Å²) in [6.07, 6.45) is 3.97. The Labute approximate surface area is 185 Å². The van der Waals surface area contributed by atoms with Crippen LogP contribution in [0.2, 0.25) is 0 Å². The van der Waals surface area contributed by atoms with E-state index >= 15 is 0 Å². The largest absolute Gasteiger partial charge is 0.352 e. The number of amides is 1. The van der Waals surface area contributed by atoms with Gasteiger partial charge in [-0.3, -0.25) is 9.69 Å². The fourth-order valence-electron chi connectivity index (χ4n) is 4.41.